The highest BCUT2D eigenvalue weighted by Crippen LogP contribution is 2.40. The molecule has 2 N–H and O–H groups in total. The maximum Gasteiger partial charge on any atom is 0.329 e. The number of anilines is 2. The van der Waals surface area contributed by atoms with Gasteiger partial charge in [-0.3, -0.25) is 33.5 Å². The number of likely N-dealkylation sites (tertiary alicyclic amines) is 1. The zero-order chi connectivity index (χ0) is 46.9. The predicted molar refractivity (Wildman–Crippen MR) is 255 cm³/mol. The monoisotopic (exact) mass is 913 g/mol. The van der Waals surface area contributed by atoms with Crippen LogP contribution in [0.25, 0.3) is 16.7 Å². The van der Waals surface area contributed by atoms with Crippen LogP contribution in [0.1, 0.15) is 97.9 Å². The highest BCUT2D eigenvalue weighted by molar-refractivity contribution is 6.44. The number of piperidine rings is 2. The van der Waals surface area contributed by atoms with Crippen molar-refractivity contribution < 1.29 is 32.6 Å². The van der Waals surface area contributed by atoms with Crippen LogP contribution in [0, 0.1) is 17.8 Å². The second-order valence-electron chi connectivity index (χ2n) is 20.2. The Morgan fingerprint density at radius 2 is 1.84 bits per heavy atom. The number of hydrogen-bond acceptors (Lipinski definition) is 11. The summed E-state index contributed by atoms with van der Waals surface area (Å²) in [6, 6.07) is 6.70. The largest absolute Gasteiger partial charge is 0.374 e. The van der Waals surface area contributed by atoms with Gasteiger partial charge in [-0.05, 0) is 92.7 Å². The predicted octanol–water partition coefficient (Wildman–Crippen LogP) is -0.172. The van der Waals surface area contributed by atoms with Gasteiger partial charge in [-0.25, -0.2) is 23.1 Å². The number of nitrogens with one attached hydrogen (secondary N) is 2. The Hall–Kier alpha value is -5.71. The summed E-state index contributed by atoms with van der Waals surface area (Å²) >= 11 is 0. The molecular formula is C44H53B4F2N11O6. The Labute approximate surface area is 389 Å². The molecule has 1 aromatic carbocycles. The smallest absolute Gasteiger partial charge is 0.329 e. The van der Waals surface area contributed by atoms with Crippen LogP contribution in [0.5, 0.6) is 0 Å². The van der Waals surface area contributed by atoms with Crippen LogP contribution in [0.2, 0.25) is 0 Å². The van der Waals surface area contributed by atoms with Gasteiger partial charge in [0.25, 0.3) is 12.3 Å². The lowest BCUT2D eigenvalue weighted by Gasteiger charge is -2.57. The van der Waals surface area contributed by atoms with Crippen LogP contribution >= 0.6 is 0 Å². The zero-order valence-corrected chi connectivity index (χ0v) is 38.5. The number of para-hydroxylation sites is 1. The molecule has 3 atom stereocenters. The van der Waals surface area contributed by atoms with E-state index in [-0.39, 0.29) is 77.3 Å². The lowest BCUT2D eigenvalue weighted by Crippen LogP contribution is -2.69. The Morgan fingerprint density at radius 1 is 1.06 bits per heavy atom. The minimum Gasteiger partial charge on any atom is -0.374 e. The Morgan fingerprint density at radius 3 is 2.54 bits per heavy atom. The molecule has 23 heteroatoms. The van der Waals surface area contributed by atoms with Crippen molar-refractivity contribution >= 4 is 77.3 Å². The summed E-state index contributed by atoms with van der Waals surface area (Å²) in [6.45, 7) is 2.47. The number of benzene rings is 1. The van der Waals surface area contributed by atoms with Crippen molar-refractivity contribution in [3.05, 3.63) is 70.2 Å². The maximum atomic E-state index is 14.4. The average Bonchev–Trinajstić information content (AvgIpc) is 4.14. The molecular weight excluding hydrogens is 860 g/mol. The quantitative estimate of drug-likeness (QED) is 0.108. The third-order valence-electron chi connectivity index (χ3n) is 14.8. The van der Waals surface area contributed by atoms with Crippen molar-refractivity contribution in [2.75, 3.05) is 36.5 Å². The normalized spacial score (nSPS) is 25.2. The van der Waals surface area contributed by atoms with Crippen molar-refractivity contribution in [3.63, 3.8) is 0 Å². The van der Waals surface area contributed by atoms with E-state index >= 15 is 0 Å². The second-order valence-corrected chi connectivity index (χ2v) is 20.2. The number of carbonyl (C=O) groups excluding carboxylic acids is 3. The molecule has 0 radical (unpaired) electrons. The number of halogens is 2. The molecule has 5 fully saturated rings. The number of imidazole rings is 1. The van der Waals surface area contributed by atoms with E-state index in [2.05, 4.69) is 73.9 Å². The summed E-state index contributed by atoms with van der Waals surface area (Å²) in [6.07, 6.45) is 8.32. The Kier molecular flexibility index (Phi) is 11.7. The summed E-state index contributed by atoms with van der Waals surface area (Å²) in [4.78, 5) is 61.0. The van der Waals surface area contributed by atoms with Gasteiger partial charge in [0.05, 0.1) is 59.4 Å². The minimum absolute atomic E-state index is 0.0164. The lowest BCUT2D eigenvalue weighted by molar-refractivity contribution is -0.135. The minimum atomic E-state index is -2.88. The molecule has 5 aromatic rings. The van der Waals surface area contributed by atoms with E-state index in [9.17, 15) is 28.0 Å². The third-order valence-corrected chi connectivity index (χ3v) is 14.8. The van der Waals surface area contributed by atoms with E-state index in [0.717, 1.165) is 63.9 Å². The number of hydrogen-bond donors (Lipinski definition) is 2. The van der Waals surface area contributed by atoms with Gasteiger partial charge in [0, 0.05) is 32.4 Å². The Bertz CT molecular complexity index is 2880. The van der Waals surface area contributed by atoms with E-state index in [1.54, 1.807) is 30.2 Å². The SMILES string of the molecule is BC1(B)CC(OCC#Cc2cccc3c2n(C)c(=O)n3C2CCC(=O)NC2=O)CC(B)(B)N1C[C@H]1CC[C@H](n2cc(NC(=O)c3cnn4ccc(N5C[C@H]6C[C@@H]5CO6)nc34)c(C(F)F)n2)CC1. The topological polar surface area (TPSA) is 175 Å². The first kappa shape index (κ1) is 45.1. The van der Waals surface area contributed by atoms with Crippen molar-refractivity contribution in [2.24, 2.45) is 13.0 Å². The van der Waals surface area contributed by atoms with E-state index in [1.807, 2.05) is 18.2 Å². The number of aryl methyl sites for hydroxylation is 1. The molecule has 1 saturated carbocycles. The van der Waals surface area contributed by atoms with Gasteiger partial charge < -0.3 is 24.6 Å². The summed E-state index contributed by atoms with van der Waals surface area (Å²) in [5, 5.41) is 13.3. The highest BCUT2D eigenvalue weighted by atomic mass is 19.3. The molecule has 0 spiro atoms. The number of imide groups is 1. The molecule has 10 rings (SSSR count). The lowest BCUT2D eigenvalue weighted by atomic mass is 9.46. The average molecular weight is 913 g/mol. The van der Waals surface area contributed by atoms with Crippen LogP contribution in [-0.2, 0) is 26.1 Å². The van der Waals surface area contributed by atoms with Crippen LogP contribution < -0.4 is 21.2 Å². The van der Waals surface area contributed by atoms with Crippen LogP contribution in [0.15, 0.2) is 47.7 Å². The first-order chi connectivity index (χ1) is 32.0. The molecule has 4 aliphatic heterocycles. The molecule has 8 heterocycles. The number of ether oxygens (including phenoxy) is 2. The van der Waals surface area contributed by atoms with E-state index in [0.29, 0.717) is 34.8 Å². The molecule has 5 aliphatic rings. The van der Waals surface area contributed by atoms with Gasteiger partial charge in [0.15, 0.2) is 11.3 Å². The van der Waals surface area contributed by atoms with Gasteiger partial charge in [-0.2, -0.15) is 10.2 Å². The van der Waals surface area contributed by atoms with Gasteiger partial charge in [0.1, 0.15) is 55.4 Å². The summed E-state index contributed by atoms with van der Waals surface area (Å²) in [5.74, 6) is 6.12. The first-order valence-corrected chi connectivity index (χ1v) is 23.4. The van der Waals surface area contributed by atoms with Crippen molar-refractivity contribution in [3.8, 4) is 11.8 Å². The molecule has 3 amide bonds. The number of rotatable bonds is 10. The molecule has 2 bridgehead atoms. The van der Waals surface area contributed by atoms with Gasteiger partial charge in [-0.1, -0.05) is 17.9 Å². The van der Waals surface area contributed by atoms with Crippen molar-refractivity contribution in [2.45, 2.75) is 105 Å². The molecule has 4 saturated heterocycles. The van der Waals surface area contributed by atoms with Gasteiger partial charge >= 0.3 is 5.69 Å². The standard InChI is InChI=1S/C44H53B4F2N11O6/c1-56-37-25(4-2-6-32(37)61(42(56)65)33-11-12-35(62)54-41(33)64)5-3-15-66-29-17-43(45,46)60(44(47,48)18-29)20-24-7-9-26(10-8-24)59-22-31(36(55-59)38(49)50)52-40(63)30-19-51-58-14-13-34(53-39(30)58)57-21-28-16-27(57)23-67-28/h2,4,6,13-14,19,22,24,26-29,33,38H,7-12,15-18,20-21,23,45-48H2,1H3,(H,52,63)(H,54,62,64)/t24-,26-,27-,28-,33?/m1/s1. The van der Waals surface area contributed by atoms with Crippen molar-refractivity contribution in [1.29, 1.82) is 0 Å². The molecule has 1 unspecified atom stereocenters. The van der Waals surface area contributed by atoms with Crippen molar-refractivity contribution in [1.82, 2.24) is 43.7 Å². The molecule has 346 valence electrons. The second kappa shape index (κ2) is 17.4. The summed E-state index contributed by atoms with van der Waals surface area (Å²) in [5.41, 5.74) is 1.58. The van der Waals surface area contributed by atoms with Gasteiger partial charge in [-0.15, -0.1) is 0 Å². The zero-order valence-electron chi connectivity index (χ0n) is 38.5. The molecule has 4 aromatic heterocycles. The molecule has 17 nitrogen and oxygen atoms in total. The number of morpholine rings is 1. The van der Waals surface area contributed by atoms with Crippen LogP contribution in [0.4, 0.5) is 20.3 Å². The first-order valence-electron chi connectivity index (χ1n) is 23.4. The number of aromatic nitrogens is 7. The fourth-order valence-corrected chi connectivity index (χ4v) is 11.6. The highest BCUT2D eigenvalue weighted by Gasteiger charge is 2.46. The maximum absolute atomic E-state index is 14.4. The summed E-state index contributed by atoms with van der Waals surface area (Å²) < 4.78 is 47.1. The van der Waals surface area contributed by atoms with Gasteiger partial charge in [0.2, 0.25) is 11.8 Å². The number of carbonyl (C=O) groups is 3. The molecule has 67 heavy (non-hydrogen) atoms. The number of nitrogens with zero attached hydrogens (tertiary/aromatic N) is 9. The van der Waals surface area contributed by atoms with Crippen LogP contribution in [-0.4, -0.2) is 143 Å². The van der Waals surface area contributed by atoms with Crippen LogP contribution in [0.3, 0.4) is 0 Å². The number of fused-ring (bicyclic) bond motifs is 4. The fourth-order valence-electron chi connectivity index (χ4n) is 11.6. The van der Waals surface area contributed by atoms with E-state index < -0.39 is 30.0 Å². The summed E-state index contributed by atoms with van der Waals surface area (Å²) in [7, 11) is 10.7. The third kappa shape index (κ3) is 8.49. The Balaban J connectivity index is 0.748. The molecule has 1 aliphatic carbocycles. The van der Waals surface area contributed by atoms with E-state index in [4.69, 9.17) is 14.5 Å². The number of alkyl halides is 2. The van der Waals surface area contributed by atoms with E-state index in [1.165, 1.54) is 19.8 Å². The fraction of sp³-hybridized carbons (Fsp3) is 0.523. The number of amides is 3.